The zero-order valence-electron chi connectivity index (χ0n) is 8.09. The van der Waals surface area contributed by atoms with E-state index in [0.29, 0.717) is 6.07 Å². The van der Waals surface area contributed by atoms with Gasteiger partial charge in [-0.15, -0.1) is 10.2 Å². The quantitative estimate of drug-likeness (QED) is 0.925. The van der Waals surface area contributed by atoms with Gasteiger partial charge in [0.05, 0.1) is 4.90 Å². The zero-order chi connectivity index (χ0) is 12.5. The van der Waals surface area contributed by atoms with Crippen molar-refractivity contribution in [1.29, 1.82) is 0 Å². The smallest absolute Gasteiger partial charge is 0.253 e. The minimum atomic E-state index is -3.97. The molecule has 9 heteroatoms. The molecule has 0 amide bonds. The highest BCUT2D eigenvalue weighted by molar-refractivity contribution is 7.93. The maximum Gasteiger partial charge on any atom is 0.263 e. The van der Waals surface area contributed by atoms with Crippen molar-refractivity contribution in [1.82, 2.24) is 10.2 Å². The second kappa shape index (κ2) is 4.34. The third-order valence-electron chi connectivity index (χ3n) is 1.78. The SMILES string of the molecule is O=S(=O)(Nc1nncs1)c1ccc(F)c(F)c1. The third kappa shape index (κ3) is 2.56. The first kappa shape index (κ1) is 11.9. The number of nitrogens with zero attached hydrogens (tertiary/aromatic N) is 2. The maximum absolute atomic E-state index is 12.9. The second-order valence-electron chi connectivity index (χ2n) is 2.93. The molecule has 0 fully saturated rings. The molecule has 0 saturated carbocycles. The summed E-state index contributed by atoms with van der Waals surface area (Å²) in [5, 5.41) is 6.97. The van der Waals surface area contributed by atoms with Crippen molar-refractivity contribution in [3.05, 3.63) is 35.3 Å². The highest BCUT2D eigenvalue weighted by Gasteiger charge is 2.17. The van der Waals surface area contributed by atoms with Crippen LogP contribution in [-0.2, 0) is 10.0 Å². The van der Waals surface area contributed by atoms with E-state index >= 15 is 0 Å². The molecule has 2 rings (SSSR count). The first-order valence-electron chi connectivity index (χ1n) is 4.23. The summed E-state index contributed by atoms with van der Waals surface area (Å²) >= 11 is 0.971. The van der Waals surface area contributed by atoms with E-state index in [-0.39, 0.29) is 10.0 Å². The summed E-state index contributed by atoms with van der Waals surface area (Å²) < 4.78 is 51.0. The van der Waals surface area contributed by atoms with Crippen molar-refractivity contribution in [2.24, 2.45) is 0 Å². The molecule has 5 nitrogen and oxygen atoms in total. The molecule has 1 N–H and O–H groups in total. The Morgan fingerprint density at radius 2 is 2.00 bits per heavy atom. The van der Waals surface area contributed by atoms with E-state index < -0.39 is 21.7 Å². The van der Waals surface area contributed by atoms with Gasteiger partial charge in [-0.05, 0) is 18.2 Å². The van der Waals surface area contributed by atoms with Crippen molar-refractivity contribution in [2.75, 3.05) is 4.72 Å². The monoisotopic (exact) mass is 277 g/mol. The number of halogens is 2. The van der Waals surface area contributed by atoms with Gasteiger partial charge < -0.3 is 0 Å². The molecular weight excluding hydrogens is 272 g/mol. The fourth-order valence-electron chi connectivity index (χ4n) is 1.04. The lowest BCUT2D eigenvalue weighted by atomic mass is 10.3. The fraction of sp³-hybridized carbons (Fsp3) is 0. The summed E-state index contributed by atoms with van der Waals surface area (Å²) in [7, 11) is -3.97. The molecule has 1 heterocycles. The molecule has 2 aromatic rings. The van der Waals surface area contributed by atoms with Crippen LogP contribution in [0.25, 0.3) is 0 Å². The predicted octanol–water partition coefficient (Wildman–Crippen LogP) is 1.62. The van der Waals surface area contributed by atoms with Gasteiger partial charge in [-0.25, -0.2) is 17.2 Å². The molecule has 0 saturated heterocycles. The van der Waals surface area contributed by atoms with E-state index in [1.165, 1.54) is 5.51 Å². The van der Waals surface area contributed by atoms with Gasteiger partial charge in [-0.2, -0.15) is 0 Å². The van der Waals surface area contributed by atoms with Crippen LogP contribution >= 0.6 is 11.3 Å². The first-order valence-corrected chi connectivity index (χ1v) is 6.59. The normalized spacial score (nSPS) is 11.4. The number of rotatable bonds is 3. The van der Waals surface area contributed by atoms with Gasteiger partial charge in [0, 0.05) is 0 Å². The lowest BCUT2D eigenvalue weighted by Crippen LogP contribution is -2.13. The summed E-state index contributed by atoms with van der Waals surface area (Å²) in [6.07, 6.45) is 0. The van der Waals surface area contributed by atoms with Crippen LogP contribution in [0.15, 0.2) is 28.6 Å². The Balaban J connectivity index is 2.35. The zero-order valence-corrected chi connectivity index (χ0v) is 9.73. The molecule has 1 aromatic carbocycles. The molecule has 0 atom stereocenters. The number of sulfonamides is 1. The minimum absolute atomic E-state index is 0.0507. The van der Waals surface area contributed by atoms with E-state index in [4.69, 9.17) is 0 Å². The molecule has 0 spiro atoms. The van der Waals surface area contributed by atoms with E-state index in [1.807, 2.05) is 0 Å². The van der Waals surface area contributed by atoms with Crippen LogP contribution in [0.1, 0.15) is 0 Å². The van der Waals surface area contributed by atoms with Crippen molar-refractivity contribution < 1.29 is 17.2 Å². The van der Waals surface area contributed by atoms with Gasteiger partial charge in [0.2, 0.25) is 5.13 Å². The number of hydrogen-bond donors (Lipinski definition) is 1. The van der Waals surface area contributed by atoms with E-state index in [1.54, 1.807) is 0 Å². The highest BCUT2D eigenvalue weighted by Crippen LogP contribution is 2.18. The van der Waals surface area contributed by atoms with Gasteiger partial charge in [0.15, 0.2) is 11.6 Å². The van der Waals surface area contributed by atoms with Crippen LogP contribution < -0.4 is 4.72 Å². The lowest BCUT2D eigenvalue weighted by Gasteiger charge is -2.04. The molecule has 17 heavy (non-hydrogen) atoms. The standard InChI is InChI=1S/C8H5F2N3O2S2/c9-6-2-1-5(3-7(6)10)17(14,15)13-8-12-11-4-16-8/h1-4H,(H,12,13). The number of aromatic nitrogens is 2. The topological polar surface area (TPSA) is 72.0 Å². The molecular formula is C8H5F2N3O2S2. The fourth-order valence-corrected chi connectivity index (χ4v) is 2.74. The van der Waals surface area contributed by atoms with Crippen LogP contribution in [-0.4, -0.2) is 18.6 Å². The van der Waals surface area contributed by atoms with Crippen LogP contribution in [0.3, 0.4) is 0 Å². The van der Waals surface area contributed by atoms with Gasteiger partial charge >= 0.3 is 0 Å². The summed E-state index contributed by atoms with van der Waals surface area (Å²) in [6.45, 7) is 0. The largest absolute Gasteiger partial charge is 0.263 e. The van der Waals surface area contributed by atoms with Crippen LogP contribution in [0.5, 0.6) is 0 Å². The summed E-state index contributed by atoms with van der Waals surface area (Å²) in [4.78, 5) is -0.383. The molecule has 90 valence electrons. The maximum atomic E-state index is 12.9. The Hall–Kier alpha value is -1.61. The van der Waals surface area contributed by atoms with Gasteiger partial charge in [-0.1, -0.05) is 11.3 Å². The number of benzene rings is 1. The average molecular weight is 277 g/mol. The third-order valence-corrected chi connectivity index (χ3v) is 3.86. The van der Waals surface area contributed by atoms with Crippen molar-refractivity contribution in [3.63, 3.8) is 0 Å². The molecule has 0 radical (unpaired) electrons. The van der Waals surface area contributed by atoms with Crippen LogP contribution in [0, 0.1) is 11.6 Å². The number of anilines is 1. The van der Waals surface area contributed by atoms with Gasteiger partial charge in [-0.3, -0.25) is 4.72 Å². The molecule has 1 aromatic heterocycles. The molecule has 0 aliphatic carbocycles. The molecule has 0 aliphatic heterocycles. The summed E-state index contributed by atoms with van der Waals surface area (Å²) in [5.41, 5.74) is 1.34. The van der Waals surface area contributed by atoms with Crippen molar-refractivity contribution in [3.8, 4) is 0 Å². The Kier molecular flexibility index (Phi) is 3.03. The Morgan fingerprint density at radius 1 is 1.24 bits per heavy atom. The lowest BCUT2D eigenvalue weighted by molar-refractivity contribution is 0.504. The molecule has 0 aliphatic rings. The van der Waals surface area contributed by atoms with E-state index in [2.05, 4.69) is 14.9 Å². The second-order valence-corrected chi connectivity index (χ2v) is 5.44. The predicted molar refractivity (Wildman–Crippen MR) is 57.1 cm³/mol. The Bertz CT molecular complexity index is 628. The minimum Gasteiger partial charge on any atom is -0.253 e. The number of nitrogens with one attached hydrogen (secondary N) is 1. The van der Waals surface area contributed by atoms with Crippen molar-refractivity contribution >= 4 is 26.5 Å². The first-order chi connectivity index (χ1) is 7.99. The molecule has 0 unspecified atom stereocenters. The van der Waals surface area contributed by atoms with E-state index in [0.717, 1.165) is 23.5 Å². The summed E-state index contributed by atoms with van der Waals surface area (Å²) in [5.74, 6) is -2.34. The van der Waals surface area contributed by atoms with Crippen molar-refractivity contribution in [2.45, 2.75) is 4.90 Å². The molecule has 0 bridgehead atoms. The van der Waals surface area contributed by atoms with E-state index in [9.17, 15) is 17.2 Å². The van der Waals surface area contributed by atoms with Crippen LogP contribution in [0.2, 0.25) is 0 Å². The Morgan fingerprint density at radius 3 is 2.59 bits per heavy atom. The summed E-state index contributed by atoms with van der Waals surface area (Å²) in [6, 6.07) is 2.30. The highest BCUT2D eigenvalue weighted by atomic mass is 32.2. The number of hydrogen-bond acceptors (Lipinski definition) is 5. The van der Waals surface area contributed by atoms with Gasteiger partial charge in [0.25, 0.3) is 10.0 Å². The van der Waals surface area contributed by atoms with Crippen LogP contribution in [0.4, 0.5) is 13.9 Å². The Labute approximate surface area is 99.2 Å². The van der Waals surface area contributed by atoms with Gasteiger partial charge in [0.1, 0.15) is 5.51 Å². The average Bonchev–Trinajstić information content (AvgIpc) is 2.73.